The molecule has 142 valence electrons. The van der Waals surface area contributed by atoms with Crippen LogP contribution in [0.1, 0.15) is 35.0 Å². The number of rotatable bonds is 3. The minimum Gasteiger partial charge on any atom is -0.269 e. The van der Waals surface area contributed by atoms with Crippen LogP contribution in [0.4, 0.5) is 0 Å². The summed E-state index contributed by atoms with van der Waals surface area (Å²) in [5, 5.41) is 2.22. The highest BCUT2D eigenvalue weighted by Gasteiger charge is 2.23. The van der Waals surface area contributed by atoms with Gasteiger partial charge in [-0.2, -0.15) is 0 Å². The van der Waals surface area contributed by atoms with Crippen LogP contribution in [0.2, 0.25) is 0 Å². The van der Waals surface area contributed by atoms with Crippen molar-refractivity contribution >= 4 is 39.0 Å². The normalized spacial score (nSPS) is 16.6. The molecule has 1 atom stereocenters. The Bertz CT molecular complexity index is 1260. The van der Waals surface area contributed by atoms with E-state index in [1.807, 2.05) is 36.6 Å². The molecule has 0 fully saturated rings. The summed E-state index contributed by atoms with van der Waals surface area (Å²) < 4.78 is 1.60. The molecule has 4 aromatic rings. The van der Waals surface area contributed by atoms with Gasteiger partial charge in [-0.1, -0.05) is 24.8 Å². The molecule has 5 rings (SSSR count). The van der Waals surface area contributed by atoms with Crippen LogP contribution in [0.5, 0.6) is 0 Å². The zero-order valence-corrected chi connectivity index (χ0v) is 17.4. The average molecular weight is 409 g/mol. The first-order chi connectivity index (χ1) is 13.6. The van der Waals surface area contributed by atoms with Crippen molar-refractivity contribution in [3.05, 3.63) is 62.8 Å². The van der Waals surface area contributed by atoms with Crippen molar-refractivity contribution in [2.45, 2.75) is 43.9 Å². The lowest BCUT2D eigenvalue weighted by molar-refractivity contribution is 0.509. The monoisotopic (exact) mass is 408 g/mol. The summed E-state index contributed by atoms with van der Waals surface area (Å²) in [4.78, 5) is 28.7. The molecule has 28 heavy (non-hydrogen) atoms. The van der Waals surface area contributed by atoms with E-state index >= 15 is 0 Å². The van der Waals surface area contributed by atoms with Crippen LogP contribution in [-0.4, -0.2) is 19.4 Å². The van der Waals surface area contributed by atoms with Crippen molar-refractivity contribution in [1.29, 1.82) is 0 Å². The first kappa shape index (κ1) is 17.8. The fourth-order valence-corrected chi connectivity index (χ4v) is 6.16. The molecule has 4 heterocycles. The Balaban J connectivity index is 1.49. The second kappa shape index (κ2) is 6.97. The van der Waals surface area contributed by atoms with E-state index in [-0.39, 0.29) is 5.56 Å². The number of pyridine rings is 1. The molecule has 7 heteroatoms. The smallest absolute Gasteiger partial charge is 0.258 e. The van der Waals surface area contributed by atoms with E-state index in [1.54, 1.807) is 28.6 Å². The van der Waals surface area contributed by atoms with Crippen LogP contribution >= 0.6 is 23.1 Å². The van der Waals surface area contributed by atoms with E-state index in [2.05, 4.69) is 21.9 Å². The van der Waals surface area contributed by atoms with Gasteiger partial charge in [-0.05, 0) is 49.3 Å². The Morgan fingerprint density at radius 1 is 1.32 bits per heavy atom. The van der Waals surface area contributed by atoms with Gasteiger partial charge in [0.2, 0.25) is 0 Å². The SMILES string of the molecule is Cc1ccc2nc(CSc3ncnc4sc5c(c34)CC[C@H](C)C5)cc(=O)n2c1. The zero-order chi connectivity index (χ0) is 19.3. The summed E-state index contributed by atoms with van der Waals surface area (Å²) in [5.74, 6) is 1.36. The van der Waals surface area contributed by atoms with Crippen LogP contribution in [-0.2, 0) is 18.6 Å². The summed E-state index contributed by atoms with van der Waals surface area (Å²) in [6.07, 6.45) is 6.95. The number of thioether (sulfide) groups is 1. The lowest BCUT2D eigenvalue weighted by atomic mass is 9.89. The topological polar surface area (TPSA) is 60.2 Å². The highest BCUT2D eigenvalue weighted by molar-refractivity contribution is 7.98. The predicted octanol–water partition coefficient (Wildman–Crippen LogP) is 4.42. The Labute approximate surface area is 170 Å². The molecule has 0 bridgehead atoms. The maximum Gasteiger partial charge on any atom is 0.258 e. The summed E-state index contributed by atoms with van der Waals surface area (Å²) in [6, 6.07) is 5.50. The van der Waals surface area contributed by atoms with Crippen molar-refractivity contribution in [3.8, 4) is 0 Å². The summed E-state index contributed by atoms with van der Waals surface area (Å²) in [5.41, 5.74) is 3.90. The van der Waals surface area contributed by atoms with Gasteiger partial charge in [-0.3, -0.25) is 9.20 Å². The van der Waals surface area contributed by atoms with Crippen molar-refractivity contribution in [3.63, 3.8) is 0 Å². The van der Waals surface area contributed by atoms with E-state index in [0.717, 1.165) is 39.9 Å². The van der Waals surface area contributed by atoms with Gasteiger partial charge in [-0.25, -0.2) is 15.0 Å². The number of fused-ring (bicyclic) bond motifs is 4. The molecule has 1 aliphatic carbocycles. The molecule has 5 nitrogen and oxygen atoms in total. The van der Waals surface area contributed by atoms with Crippen molar-refractivity contribution in [2.24, 2.45) is 5.92 Å². The fraction of sp³-hybridized carbons (Fsp3) is 0.333. The maximum absolute atomic E-state index is 12.4. The van der Waals surface area contributed by atoms with Gasteiger partial charge >= 0.3 is 0 Å². The lowest BCUT2D eigenvalue weighted by Crippen LogP contribution is -2.15. The average Bonchev–Trinajstić information content (AvgIpc) is 3.05. The van der Waals surface area contributed by atoms with E-state index in [0.29, 0.717) is 11.4 Å². The van der Waals surface area contributed by atoms with Crippen LogP contribution in [0, 0.1) is 12.8 Å². The van der Waals surface area contributed by atoms with E-state index < -0.39 is 0 Å². The van der Waals surface area contributed by atoms with E-state index in [4.69, 9.17) is 0 Å². The van der Waals surface area contributed by atoms with Gasteiger partial charge in [0, 0.05) is 28.3 Å². The van der Waals surface area contributed by atoms with Crippen molar-refractivity contribution in [1.82, 2.24) is 19.4 Å². The van der Waals surface area contributed by atoms with Crippen LogP contribution in [0.3, 0.4) is 0 Å². The van der Waals surface area contributed by atoms with Gasteiger partial charge in [0.1, 0.15) is 21.8 Å². The first-order valence-corrected chi connectivity index (χ1v) is 11.3. The van der Waals surface area contributed by atoms with Crippen molar-refractivity contribution < 1.29 is 0 Å². The Hall–Kier alpha value is -2.25. The molecule has 4 aromatic heterocycles. The Morgan fingerprint density at radius 3 is 3.11 bits per heavy atom. The quantitative estimate of drug-likeness (QED) is 0.371. The van der Waals surface area contributed by atoms with E-state index in [9.17, 15) is 4.79 Å². The first-order valence-electron chi connectivity index (χ1n) is 9.45. The third kappa shape index (κ3) is 3.12. The molecular weight excluding hydrogens is 388 g/mol. The van der Waals surface area contributed by atoms with E-state index in [1.165, 1.54) is 22.2 Å². The minimum absolute atomic E-state index is 0.0426. The molecule has 0 amide bonds. The van der Waals surface area contributed by atoms with Gasteiger partial charge < -0.3 is 0 Å². The van der Waals surface area contributed by atoms with Gasteiger partial charge in [-0.15, -0.1) is 11.3 Å². The molecule has 0 aromatic carbocycles. The minimum atomic E-state index is -0.0426. The highest BCUT2D eigenvalue weighted by atomic mass is 32.2. The lowest BCUT2D eigenvalue weighted by Gasteiger charge is -2.18. The summed E-state index contributed by atoms with van der Waals surface area (Å²) in [6.45, 7) is 4.29. The second-order valence-corrected chi connectivity index (χ2v) is 9.57. The molecular formula is C21H20N4OS2. The molecule has 0 saturated carbocycles. The molecule has 0 saturated heterocycles. The zero-order valence-electron chi connectivity index (χ0n) is 15.8. The van der Waals surface area contributed by atoms with Crippen molar-refractivity contribution in [2.75, 3.05) is 0 Å². The molecule has 1 aliphatic rings. The Kier molecular flexibility index (Phi) is 4.44. The third-order valence-corrected chi connectivity index (χ3v) is 7.46. The number of hydrogen-bond donors (Lipinski definition) is 0. The van der Waals surface area contributed by atoms with Crippen LogP contribution < -0.4 is 5.56 Å². The number of aromatic nitrogens is 4. The molecule has 0 N–H and O–H groups in total. The largest absolute Gasteiger partial charge is 0.269 e. The summed E-state index contributed by atoms with van der Waals surface area (Å²) >= 11 is 3.46. The van der Waals surface area contributed by atoms with Gasteiger partial charge in [0.25, 0.3) is 5.56 Å². The number of thiophene rings is 1. The second-order valence-electron chi connectivity index (χ2n) is 7.52. The molecule has 0 unspecified atom stereocenters. The number of aryl methyl sites for hydroxylation is 2. The molecule has 0 radical (unpaired) electrons. The summed E-state index contributed by atoms with van der Waals surface area (Å²) in [7, 11) is 0. The number of hydrogen-bond acceptors (Lipinski definition) is 6. The maximum atomic E-state index is 12.4. The van der Waals surface area contributed by atoms with Gasteiger partial charge in [0.05, 0.1) is 5.69 Å². The molecule has 0 aliphatic heterocycles. The Morgan fingerprint density at radius 2 is 2.21 bits per heavy atom. The third-order valence-electron chi connectivity index (χ3n) is 5.27. The fourth-order valence-electron chi connectivity index (χ4n) is 3.83. The standard InChI is InChI=1S/C21H20N4OS2/c1-12-3-5-15-16(7-12)28-21-19(15)20(22-11-23-21)27-10-14-8-18(26)25-9-13(2)4-6-17(25)24-14/h4,6,8-9,11-12H,3,5,7,10H2,1-2H3/t12-/m0/s1. The van der Waals surface area contributed by atoms with Crippen LogP contribution in [0.25, 0.3) is 15.9 Å². The molecule has 0 spiro atoms. The van der Waals surface area contributed by atoms with Gasteiger partial charge in [0.15, 0.2) is 0 Å². The predicted molar refractivity (Wildman–Crippen MR) is 114 cm³/mol. The van der Waals surface area contributed by atoms with Crippen LogP contribution in [0.15, 0.2) is 40.5 Å². The highest BCUT2D eigenvalue weighted by Crippen LogP contribution is 2.40. The number of nitrogens with zero attached hydrogens (tertiary/aromatic N) is 4.